The van der Waals surface area contributed by atoms with Crippen LogP contribution in [0.5, 0.6) is 11.5 Å². The fourth-order valence-corrected chi connectivity index (χ4v) is 4.33. The number of nitrogens with two attached hydrogens (primary N) is 1. The average molecular weight is 466 g/mol. The molecular formula is C23H24ClN7O2. The molecule has 1 saturated heterocycles. The molecule has 33 heavy (non-hydrogen) atoms. The number of halogens is 1. The number of hydrogen-bond donors (Lipinski definition) is 1. The van der Waals surface area contributed by atoms with Crippen molar-refractivity contribution >= 4 is 34.7 Å². The quantitative estimate of drug-likeness (QED) is 0.479. The van der Waals surface area contributed by atoms with Crippen LogP contribution in [0.15, 0.2) is 48.9 Å². The number of rotatable bonds is 5. The van der Waals surface area contributed by atoms with Crippen LogP contribution in [0.25, 0.3) is 16.9 Å². The molecule has 0 radical (unpaired) electrons. The second-order valence-electron chi connectivity index (χ2n) is 7.71. The van der Waals surface area contributed by atoms with Gasteiger partial charge in [0.2, 0.25) is 5.95 Å². The molecule has 5 rings (SSSR count). The average Bonchev–Trinajstić information content (AvgIpc) is 3.27. The number of pyridine rings is 1. The summed E-state index contributed by atoms with van der Waals surface area (Å²) in [6.07, 6.45) is 5.69. The molecule has 0 aliphatic carbocycles. The monoisotopic (exact) mass is 465 g/mol. The molecule has 10 heteroatoms. The summed E-state index contributed by atoms with van der Waals surface area (Å²) >= 11 is 6.36. The first-order valence-electron chi connectivity index (χ1n) is 10.5. The number of nitrogen functional groups attached to an aromatic ring is 1. The van der Waals surface area contributed by atoms with Gasteiger partial charge >= 0.3 is 0 Å². The molecular weight excluding hydrogens is 442 g/mol. The minimum absolute atomic E-state index is 0.297. The highest BCUT2D eigenvalue weighted by atomic mass is 35.5. The van der Waals surface area contributed by atoms with Gasteiger partial charge in [-0.05, 0) is 18.2 Å². The smallest absolute Gasteiger partial charge is 0.221 e. The first-order chi connectivity index (χ1) is 16.1. The zero-order chi connectivity index (χ0) is 22.9. The van der Waals surface area contributed by atoms with E-state index < -0.39 is 0 Å². The Kier molecular flexibility index (Phi) is 5.55. The number of methoxy groups -OCH3 is 2. The zero-order valence-electron chi connectivity index (χ0n) is 18.4. The van der Waals surface area contributed by atoms with Crippen molar-refractivity contribution in [1.29, 1.82) is 0 Å². The minimum Gasteiger partial charge on any atom is -0.496 e. The van der Waals surface area contributed by atoms with E-state index in [1.165, 1.54) is 0 Å². The lowest BCUT2D eigenvalue weighted by atomic mass is 10.1. The van der Waals surface area contributed by atoms with Crippen LogP contribution in [0.2, 0.25) is 5.02 Å². The van der Waals surface area contributed by atoms with Gasteiger partial charge in [-0.25, -0.2) is 9.97 Å². The molecule has 1 aliphatic heterocycles. The maximum absolute atomic E-state index is 6.36. The van der Waals surface area contributed by atoms with Gasteiger partial charge in [-0.2, -0.15) is 4.98 Å². The fourth-order valence-electron chi connectivity index (χ4n) is 4.09. The van der Waals surface area contributed by atoms with Gasteiger partial charge in [0.25, 0.3) is 0 Å². The Morgan fingerprint density at radius 3 is 2.42 bits per heavy atom. The molecule has 0 amide bonds. The predicted octanol–water partition coefficient (Wildman–Crippen LogP) is 3.37. The van der Waals surface area contributed by atoms with Crippen LogP contribution < -0.4 is 25.0 Å². The van der Waals surface area contributed by atoms with Gasteiger partial charge in [-0.1, -0.05) is 11.6 Å². The largest absolute Gasteiger partial charge is 0.496 e. The van der Waals surface area contributed by atoms with E-state index in [1.54, 1.807) is 26.5 Å². The summed E-state index contributed by atoms with van der Waals surface area (Å²) in [7, 11) is 3.20. The summed E-state index contributed by atoms with van der Waals surface area (Å²) in [6, 6.07) is 9.69. The molecule has 9 nitrogen and oxygen atoms in total. The third-order valence-electron chi connectivity index (χ3n) is 5.82. The number of piperazine rings is 1. The standard InChI is InChI=1S/C23H24ClN7O2/c1-32-19-13-20(33-2)17(24)12-16(19)18-14-31-6-4-15(11-22(31)27-18)29-7-9-30(10-8-29)21-3-5-26-23(25)28-21/h3-6,11-14H,7-10H2,1-2H3,(H2,25,26,28). The van der Waals surface area contributed by atoms with Crippen molar-refractivity contribution in [1.82, 2.24) is 19.4 Å². The lowest BCUT2D eigenvalue weighted by Crippen LogP contribution is -2.46. The van der Waals surface area contributed by atoms with Crippen molar-refractivity contribution in [2.45, 2.75) is 0 Å². The number of hydrogen-bond acceptors (Lipinski definition) is 8. The summed E-state index contributed by atoms with van der Waals surface area (Å²) in [5.74, 6) is 2.38. The van der Waals surface area contributed by atoms with Crippen LogP contribution in [0.4, 0.5) is 17.5 Å². The van der Waals surface area contributed by atoms with E-state index in [4.69, 9.17) is 31.8 Å². The van der Waals surface area contributed by atoms with E-state index in [1.807, 2.05) is 28.9 Å². The molecule has 1 aromatic carbocycles. The maximum atomic E-state index is 6.36. The van der Waals surface area contributed by atoms with Crippen molar-refractivity contribution in [3.05, 3.63) is 53.9 Å². The highest BCUT2D eigenvalue weighted by Crippen LogP contribution is 2.38. The van der Waals surface area contributed by atoms with Gasteiger partial charge in [-0.15, -0.1) is 0 Å². The predicted molar refractivity (Wildman–Crippen MR) is 130 cm³/mol. The second kappa shape index (κ2) is 8.67. The summed E-state index contributed by atoms with van der Waals surface area (Å²) < 4.78 is 12.8. The van der Waals surface area contributed by atoms with E-state index in [-0.39, 0.29) is 0 Å². The Hall–Kier alpha value is -3.72. The van der Waals surface area contributed by atoms with Gasteiger partial charge in [0.15, 0.2) is 0 Å². The van der Waals surface area contributed by atoms with E-state index in [9.17, 15) is 0 Å². The molecule has 170 valence electrons. The number of ether oxygens (including phenoxy) is 2. The SMILES string of the molecule is COc1cc(OC)c(-c2cn3ccc(N4CCN(c5ccnc(N)n5)CC4)cc3n2)cc1Cl. The molecule has 3 aromatic heterocycles. The van der Waals surface area contributed by atoms with Crippen molar-refractivity contribution in [2.75, 3.05) is 55.9 Å². The van der Waals surface area contributed by atoms with Crippen LogP contribution in [0.1, 0.15) is 0 Å². The molecule has 0 bridgehead atoms. The van der Waals surface area contributed by atoms with E-state index in [0.29, 0.717) is 22.5 Å². The Morgan fingerprint density at radius 1 is 0.939 bits per heavy atom. The number of fused-ring (bicyclic) bond motifs is 1. The number of anilines is 3. The lowest BCUT2D eigenvalue weighted by molar-refractivity contribution is 0.395. The first-order valence-corrected chi connectivity index (χ1v) is 10.9. The maximum Gasteiger partial charge on any atom is 0.221 e. The van der Waals surface area contributed by atoms with Crippen molar-refractivity contribution in [3.8, 4) is 22.8 Å². The molecule has 1 fully saturated rings. The summed E-state index contributed by atoms with van der Waals surface area (Å²) in [4.78, 5) is 17.7. The Balaban J connectivity index is 1.38. The molecule has 4 aromatic rings. The highest BCUT2D eigenvalue weighted by Gasteiger charge is 2.20. The van der Waals surface area contributed by atoms with Gasteiger partial charge in [0.1, 0.15) is 23.0 Å². The Labute approximate surface area is 196 Å². The fraction of sp³-hybridized carbons (Fsp3) is 0.261. The summed E-state index contributed by atoms with van der Waals surface area (Å²) in [6.45, 7) is 3.44. The molecule has 0 saturated carbocycles. The van der Waals surface area contributed by atoms with E-state index >= 15 is 0 Å². The minimum atomic E-state index is 0.297. The molecule has 0 atom stereocenters. The van der Waals surface area contributed by atoms with Crippen LogP contribution in [-0.4, -0.2) is 59.8 Å². The van der Waals surface area contributed by atoms with Crippen LogP contribution in [0, 0.1) is 0 Å². The van der Waals surface area contributed by atoms with Crippen LogP contribution in [-0.2, 0) is 0 Å². The van der Waals surface area contributed by atoms with Crippen LogP contribution >= 0.6 is 11.6 Å². The number of aromatic nitrogens is 4. The second-order valence-corrected chi connectivity index (χ2v) is 8.12. The van der Waals surface area contributed by atoms with Gasteiger partial charge in [0.05, 0.1) is 24.9 Å². The zero-order valence-corrected chi connectivity index (χ0v) is 19.2. The number of imidazole rings is 1. The van der Waals surface area contributed by atoms with Crippen molar-refractivity contribution < 1.29 is 9.47 Å². The molecule has 0 spiro atoms. The Morgan fingerprint density at radius 2 is 1.70 bits per heavy atom. The molecule has 0 unspecified atom stereocenters. The number of nitrogens with zero attached hydrogens (tertiary/aromatic N) is 6. The highest BCUT2D eigenvalue weighted by molar-refractivity contribution is 6.32. The normalized spacial score (nSPS) is 14.0. The first kappa shape index (κ1) is 21.1. The number of benzene rings is 1. The van der Waals surface area contributed by atoms with Gasteiger partial charge in [-0.3, -0.25) is 0 Å². The van der Waals surface area contributed by atoms with Crippen molar-refractivity contribution in [3.63, 3.8) is 0 Å². The van der Waals surface area contributed by atoms with Crippen molar-refractivity contribution in [2.24, 2.45) is 0 Å². The van der Waals surface area contributed by atoms with Gasteiger partial charge < -0.3 is 29.4 Å². The topological polar surface area (TPSA) is 94.0 Å². The summed E-state index contributed by atoms with van der Waals surface area (Å²) in [5.41, 5.74) is 9.30. The third kappa shape index (κ3) is 4.07. The van der Waals surface area contributed by atoms with E-state index in [0.717, 1.165) is 54.6 Å². The third-order valence-corrected chi connectivity index (χ3v) is 6.12. The molecule has 1 aliphatic rings. The lowest BCUT2D eigenvalue weighted by Gasteiger charge is -2.36. The van der Waals surface area contributed by atoms with Crippen LogP contribution in [0.3, 0.4) is 0 Å². The molecule has 2 N–H and O–H groups in total. The summed E-state index contributed by atoms with van der Waals surface area (Å²) in [5, 5.41) is 0.509. The van der Waals surface area contributed by atoms with Gasteiger partial charge in [0, 0.05) is 68.2 Å². The van der Waals surface area contributed by atoms with E-state index in [2.05, 4.69) is 31.9 Å². The Bertz CT molecular complexity index is 1300. The molecule has 4 heterocycles.